The van der Waals surface area contributed by atoms with Crippen molar-refractivity contribution in [1.29, 1.82) is 0 Å². The molecule has 0 unspecified atom stereocenters. The summed E-state index contributed by atoms with van der Waals surface area (Å²) in [5.74, 6) is -0.811. The molecule has 0 saturated heterocycles. The fourth-order valence-corrected chi connectivity index (χ4v) is 4.23. The summed E-state index contributed by atoms with van der Waals surface area (Å²) < 4.78 is 18.1. The highest BCUT2D eigenvalue weighted by molar-refractivity contribution is 14.1. The van der Waals surface area contributed by atoms with Gasteiger partial charge in [-0.3, -0.25) is 14.4 Å². The maximum atomic E-state index is 12.4. The van der Waals surface area contributed by atoms with E-state index < -0.39 is 11.8 Å². The quantitative estimate of drug-likeness (QED) is 0.0838. The number of nitrogens with one attached hydrogen (secondary N) is 3. The van der Waals surface area contributed by atoms with E-state index in [2.05, 4.69) is 43.7 Å². The van der Waals surface area contributed by atoms with Crippen LogP contribution in [-0.4, -0.2) is 44.3 Å². The third-order valence-corrected chi connectivity index (χ3v) is 6.80. The first-order valence-corrected chi connectivity index (χ1v) is 13.6. The monoisotopic (exact) mass is 720 g/mol. The van der Waals surface area contributed by atoms with E-state index in [0.717, 1.165) is 10.0 Å². The molecule has 0 atom stereocenters. The first-order valence-electron chi connectivity index (χ1n) is 11.7. The molecule has 0 radical (unpaired) electrons. The van der Waals surface area contributed by atoms with E-state index >= 15 is 0 Å². The molecule has 0 aliphatic rings. The Hall–Kier alpha value is -3.91. The lowest BCUT2D eigenvalue weighted by molar-refractivity contribution is -0.136. The van der Waals surface area contributed by atoms with Gasteiger partial charge in [-0.15, -0.1) is 0 Å². The lowest BCUT2D eigenvalue weighted by Crippen LogP contribution is -2.32. The predicted molar refractivity (Wildman–Crippen MR) is 165 cm³/mol. The van der Waals surface area contributed by atoms with Gasteiger partial charge in [0.05, 0.1) is 16.9 Å². The van der Waals surface area contributed by atoms with Gasteiger partial charge in [-0.2, -0.15) is 5.10 Å². The molecule has 3 N–H and O–H groups in total. The predicted octanol–water partition coefficient (Wildman–Crippen LogP) is 5.04. The number of rotatable bonds is 11. The molecule has 0 saturated carbocycles. The highest BCUT2D eigenvalue weighted by Crippen LogP contribution is 2.33. The van der Waals surface area contributed by atoms with Gasteiger partial charge in [0.1, 0.15) is 12.4 Å². The Morgan fingerprint density at radius 1 is 1.00 bits per heavy atom. The molecule has 3 aromatic carbocycles. The summed E-state index contributed by atoms with van der Waals surface area (Å²) in [6, 6.07) is 15.4. The van der Waals surface area contributed by atoms with Crippen LogP contribution in [0.1, 0.15) is 11.1 Å². The number of halogens is 2. The van der Waals surface area contributed by atoms with Crippen molar-refractivity contribution in [2.75, 3.05) is 31.0 Å². The molecule has 0 aromatic heterocycles. The van der Waals surface area contributed by atoms with E-state index in [-0.39, 0.29) is 12.5 Å². The molecule has 0 heterocycles. The lowest BCUT2D eigenvalue weighted by atomic mass is 10.2. The fraction of sp³-hybridized carbons (Fsp3) is 0.143. The number of aryl methyl sites for hydroxylation is 1. The molecular weight excluding hydrogens is 695 g/mol. The van der Waals surface area contributed by atoms with Gasteiger partial charge in [-0.05, 0) is 95.2 Å². The fourth-order valence-electron chi connectivity index (χ4n) is 3.21. The maximum absolute atomic E-state index is 12.4. The summed E-state index contributed by atoms with van der Waals surface area (Å²) in [6.45, 7) is 5.63. The summed E-state index contributed by atoms with van der Waals surface area (Å²) in [7, 11) is 1.47. The summed E-state index contributed by atoms with van der Waals surface area (Å²) in [6.07, 6.45) is 2.97. The Morgan fingerprint density at radius 3 is 2.40 bits per heavy atom. The van der Waals surface area contributed by atoms with Gasteiger partial charge >= 0.3 is 11.8 Å². The van der Waals surface area contributed by atoms with Gasteiger partial charge in [0.15, 0.2) is 18.1 Å². The zero-order valence-electron chi connectivity index (χ0n) is 21.6. The number of anilines is 2. The molecule has 0 bridgehead atoms. The van der Waals surface area contributed by atoms with Crippen LogP contribution in [0.4, 0.5) is 11.4 Å². The zero-order valence-corrected chi connectivity index (χ0v) is 25.4. The smallest absolute Gasteiger partial charge is 0.329 e. The van der Waals surface area contributed by atoms with Crippen LogP contribution in [0.15, 0.2) is 76.8 Å². The number of nitrogens with zero attached hydrogens (tertiary/aromatic N) is 1. The van der Waals surface area contributed by atoms with Crippen LogP contribution in [-0.2, 0) is 14.4 Å². The Bertz CT molecular complexity index is 1430. The van der Waals surface area contributed by atoms with Crippen molar-refractivity contribution in [1.82, 2.24) is 5.43 Å². The van der Waals surface area contributed by atoms with Crippen molar-refractivity contribution in [3.8, 4) is 17.2 Å². The molecular formula is C28H26BrIN4O6. The van der Waals surface area contributed by atoms with E-state index in [1.54, 1.807) is 48.5 Å². The average Bonchev–Trinajstić information content (AvgIpc) is 2.93. The van der Waals surface area contributed by atoms with Gasteiger partial charge < -0.3 is 24.8 Å². The Labute approximate surface area is 253 Å². The standard InChI is InChI=1S/C28H26BrIN4O6/c1-4-11-39-21-8-5-19(6-9-21)33-27(36)28(37)34-31-15-18-13-23(30)26(24(14-18)38-3)40-16-25(35)32-20-7-10-22(29)17(2)12-20/h4-10,12-15H,1,11,16H2,2-3H3,(H,32,35)(H,33,36)(H,34,37)/b31-15-. The first-order chi connectivity index (χ1) is 19.2. The zero-order chi connectivity index (χ0) is 29.1. The van der Waals surface area contributed by atoms with Gasteiger partial charge in [-0.25, -0.2) is 5.43 Å². The summed E-state index contributed by atoms with van der Waals surface area (Å²) in [5, 5.41) is 9.12. The summed E-state index contributed by atoms with van der Waals surface area (Å²) in [5.41, 5.74) is 4.82. The molecule has 40 heavy (non-hydrogen) atoms. The number of benzene rings is 3. The van der Waals surface area contributed by atoms with Crippen molar-refractivity contribution < 1.29 is 28.6 Å². The number of methoxy groups -OCH3 is 1. The third kappa shape index (κ3) is 9.09. The average molecular weight is 721 g/mol. The van der Waals surface area contributed by atoms with E-state index in [0.29, 0.717) is 44.4 Å². The van der Waals surface area contributed by atoms with Crippen LogP contribution in [0.3, 0.4) is 0 Å². The van der Waals surface area contributed by atoms with E-state index in [4.69, 9.17) is 14.2 Å². The number of ether oxygens (including phenoxy) is 3. The molecule has 3 rings (SSSR count). The van der Waals surface area contributed by atoms with Gasteiger partial charge in [0.2, 0.25) is 0 Å². The molecule has 0 aliphatic heterocycles. The second-order valence-electron chi connectivity index (χ2n) is 8.11. The SMILES string of the molecule is C=CCOc1ccc(NC(=O)C(=O)N/N=C\c2cc(I)c(OCC(=O)Nc3ccc(Br)c(C)c3)c(OC)c2)cc1. The molecule has 208 valence electrons. The number of hydrogen-bond donors (Lipinski definition) is 3. The van der Waals surface area contributed by atoms with Crippen LogP contribution in [0.25, 0.3) is 0 Å². The van der Waals surface area contributed by atoms with Crippen molar-refractivity contribution >= 4 is 73.8 Å². The molecule has 12 heteroatoms. The van der Waals surface area contributed by atoms with E-state index in [1.807, 2.05) is 41.6 Å². The van der Waals surface area contributed by atoms with Crippen LogP contribution in [0, 0.1) is 10.5 Å². The van der Waals surface area contributed by atoms with Crippen LogP contribution < -0.4 is 30.3 Å². The topological polar surface area (TPSA) is 127 Å². The molecule has 0 fully saturated rings. The molecule has 0 aliphatic carbocycles. The van der Waals surface area contributed by atoms with E-state index in [9.17, 15) is 14.4 Å². The maximum Gasteiger partial charge on any atom is 0.329 e. The first kappa shape index (κ1) is 30.6. The van der Waals surface area contributed by atoms with Crippen LogP contribution in [0.5, 0.6) is 17.2 Å². The molecule has 3 amide bonds. The molecule has 0 spiro atoms. The van der Waals surface area contributed by atoms with Crippen LogP contribution >= 0.6 is 38.5 Å². The molecule has 3 aromatic rings. The minimum atomic E-state index is -0.947. The van der Waals surface area contributed by atoms with Gasteiger partial charge in [0, 0.05) is 15.8 Å². The normalized spacial score (nSPS) is 10.5. The Morgan fingerprint density at radius 2 is 1.73 bits per heavy atom. The van der Waals surface area contributed by atoms with E-state index in [1.165, 1.54) is 13.3 Å². The van der Waals surface area contributed by atoms with Crippen LogP contribution in [0.2, 0.25) is 0 Å². The molecule has 10 nitrogen and oxygen atoms in total. The number of amides is 3. The lowest BCUT2D eigenvalue weighted by Gasteiger charge is -2.14. The van der Waals surface area contributed by atoms with Crippen molar-refractivity contribution in [3.05, 3.63) is 86.4 Å². The minimum absolute atomic E-state index is 0.231. The highest BCUT2D eigenvalue weighted by Gasteiger charge is 2.15. The Kier molecular flexibility index (Phi) is 11.5. The third-order valence-electron chi connectivity index (χ3n) is 5.11. The van der Waals surface area contributed by atoms with Crippen molar-refractivity contribution in [3.63, 3.8) is 0 Å². The largest absolute Gasteiger partial charge is 0.493 e. The second-order valence-corrected chi connectivity index (χ2v) is 10.1. The highest BCUT2D eigenvalue weighted by atomic mass is 127. The van der Waals surface area contributed by atoms with Gasteiger partial charge in [-0.1, -0.05) is 28.6 Å². The Balaban J connectivity index is 1.55. The number of hydrazone groups is 1. The second kappa shape index (κ2) is 15.0. The number of hydrogen-bond acceptors (Lipinski definition) is 7. The number of carbonyl (C=O) groups is 3. The minimum Gasteiger partial charge on any atom is -0.493 e. The summed E-state index contributed by atoms with van der Waals surface area (Å²) >= 11 is 5.47. The summed E-state index contributed by atoms with van der Waals surface area (Å²) in [4.78, 5) is 36.7. The number of carbonyl (C=O) groups excluding carboxylic acids is 3. The van der Waals surface area contributed by atoms with Crippen molar-refractivity contribution in [2.45, 2.75) is 6.92 Å². The van der Waals surface area contributed by atoms with Gasteiger partial charge in [0.25, 0.3) is 5.91 Å². The van der Waals surface area contributed by atoms with Crippen molar-refractivity contribution in [2.24, 2.45) is 5.10 Å².